The Morgan fingerprint density at radius 2 is 2.14 bits per heavy atom. The average molecular weight is 184 g/mol. The maximum atomic E-state index is 11.1. The third-order valence-corrected chi connectivity index (χ3v) is 2.41. The van der Waals surface area contributed by atoms with Crippen molar-refractivity contribution in [1.29, 1.82) is 0 Å². The van der Waals surface area contributed by atoms with Crippen molar-refractivity contribution in [1.82, 2.24) is 4.98 Å². The van der Waals surface area contributed by atoms with E-state index >= 15 is 0 Å². The molecule has 3 rings (SSSR count). The Labute approximate surface area is 80.8 Å². The van der Waals surface area contributed by atoms with Gasteiger partial charge in [-0.2, -0.15) is 0 Å². The zero-order valence-corrected chi connectivity index (χ0v) is 7.45. The summed E-state index contributed by atoms with van der Waals surface area (Å²) >= 11 is 0. The Kier molecular flexibility index (Phi) is 1.36. The maximum Gasteiger partial charge on any atom is 0.230 e. The number of nitrogens with one attached hydrogen (secondary N) is 1. The number of nitrogens with zero attached hydrogens (tertiary/aromatic N) is 1. The van der Waals surface area contributed by atoms with Gasteiger partial charge in [0.25, 0.3) is 0 Å². The van der Waals surface area contributed by atoms with E-state index in [4.69, 9.17) is 0 Å². The molecule has 3 nitrogen and oxygen atoms in total. The van der Waals surface area contributed by atoms with Crippen LogP contribution in [0, 0.1) is 0 Å². The Morgan fingerprint density at radius 1 is 1.29 bits per heavy atom. The Balaban J connectivity index is 2.31. The first-order chi connectivity index (χ1) is 6.83. The highest BCUT2D eigenvalue weighted by atomic mass is 16.1. The molecule has 0 saturated carbocycles. The van der Waals surface area contributed by atoms with Crippen molar-refractivity contribution < 1.29 is 4.79 Å². The summed E-state index contributed by atoms with van der Waals surface area (Å²) in [6, 6.07) is 9.89. The number of rotatable bonds is 0. The summed E-state index contributed by atoms with van der Waals surface area (Å²) < 4.78 is 0. The Hall–Kier alpha value is -1.90. The fourth-order valence-corrected chi connectivity index (χ4v) is 1.75. The van der Waals surface area contributed by atoms with Crippen LogP contribution < -0.4 is 5.32 Å². The molecule has 1 aliphatic rings. The van der Waals surface area contributed by atoms with E-state index in [0.717, 1.165) is 16.5 Å². The number of hydrogen-bond donors (Lipinski definition) is 1. The van der Waals surface area contributed by atoms with Gasteiger partial charge in [-0.1, -0.05) is 18.2 Å². The molecule has 0 unspecified atom stereocenters. The smallest absolute Gasteiger partial charge is 0.230 e. The number of carbonyl (C=O) groups is 1. The number of fused-ring (bicyclic) bond motifs is 2. The summed E-state index contributed by atoms with van der Waals surface area (Å²) in [6.45, 7) is 0. The van der Waals surface area contributed by atoms with Crippen molar-refractivity contribution in [3.05, 3.63) is 35.9 Å². The van der Waals surface area contributed by atoms with Gasteiger partial charge in [-0.25, -0.2) is 4.98 Å². The van der Waals surface area contributed by atoms with Gasteiger partial charge < -0.3 is 5.32 Å². The highest BCUT2D eigenvalue weighted by Gasteiger charge is 2.18. The summed E-state index contributed by atoms with van der Waals surface area (Å²) in [5, 5.41) is 3.83. The monoisotopic (exact) mass is 184 g/mol. The van der Waals surface area contributed by atoms with E-state index in [1.54, 1.807) is 0 Å². The molecule has 2 aromatic rings. The van der Waals surface area contributed by atoms with Gasteiger partial charge in [-0.15, -0.1) is 0 Å². The van der Waals surface area contributed by atoms with Gasteiger partial charge in [0.05, 0.1) is 11.9 Å². The number of anilines is 1. The number of aromatic nitrogens is 1. The lowest BCUT2D eigenvalue weighted by atomic mass is 10.1. The minimum absolute atomic E-state index is 0.0304. The van der Waals surface area contributed by atoms with Gasteiger partial charge in [0.15, 0.2) is 0 Å². The molecule has 1 N–H and O–H groups in total. The molecule has 1 aromatic carbocycles. The Bertz CT molecular complexity index is 487. The number of carbonyl (C=O) groups excluding carboxylic acids is 1. The second-order valence-corrected chi connectivity index (χ2v) is 3.41. The topological polar surface area (TPSA) is 42.0 Å². The summed E-state index contributed by atoms with van der Waals surface area (Å²) in [7, 11) is 0. The highest BCUT2D eigenvalue weighted by Crippen LogP contribution is 2.24. The van der Waals surface area contributed by atoms with Crippen LogP contribution in [0.5, 0.6) is 0 Å². The minimum atomic E-state index is 0.0304. The molecule has 0 fully saturated rings. The van der Waals surface area contributed by atoms with Gasteiger partial charge >= 0.3 is 0 Å². The summed E-state index contributed by atoms with van der Waals surface area (Å²) in [5.74, 6) is 0.747. The molecule has 2 heterocycles. The number of benzene rings is 1. The summed E-state index contributed by atoms with van der Waals surface area (Å²) in [5.41, 5.74) is 1.92. The molecule has 0 aliphatic carbocycles. The maximum absolute atomic E-state index is 11.1. The second kappa shape index (κ2) is 2.54. The third kappa shape index (κ3) is 0.988. The minimum Gasteiger partial charge on any atom is -0.310 e. The van der Waals surface area contributed by atoms with Gasteiger partial charge in [0, 0.05) is 10.9 Å². The van der Waals surface area contributed by atoms with Crippen LogP contribution in [-0.4, -0.2) is 10.9 Å². The first-order valence-corrected chi connectivity index (χ1v) is 4.51. The van der Waals surface area contributed by atoms with Crippen LogP contribution in [-0.2, 0) is 11.2 Å². The molecular formula is C11H8N2O. The van der Waals surface area contributed by atoms with Gasteiger partial charge in [-0.3, -0.25) is 4.79 Å². The molecule has 3 heteroatoms. The van der Waals surface area contributed by atoms with Crippen molar-refractivity contribution >= 4 is 22.6 Å². The first-order valence-electron chi connectivity index (χ1n) is 4.51. The molecule has 0 spiro atoms. The van der Waals surface area contributed by atoms with Gasteiger partial charge in [0.1, 0.15) is 5.82 Å². The number of amides is 1. The quantitative estimate of drug-likeness (QED) is 0.677. The normalized spacial score (nSPS) is 14.1. The first kappa shape index (κ1) is 7.50. The fourth-order valence-electron chi connectivity index (χ4n) is 1.75. The standard InChI is InChI=1S/C11H8N2O/c14-10-6-8-5-7-3-1-2-4-9(7)12-11(8)13-10/h1-5H,6H2,(H,12,13,14). The van der Waals surface area contributed by atoms with Crippen molar-refractivity contribution in [3.8, 4) is 0 Å². The van der Waals surface area contributed by atoms with Crippen LogP contribution in [0.2, 0.25) is 0 Å². The summed E-state index contributed by atoms with van der Waals surface area (Å²) in [4.78, 5) is 15.5. The molecule has 1 amide bonds. The van der Waals surface area contributed by atoms with Crippen LogP contribution in [0.25, 0.3) is 10.9 Å². The zero-order valence-electron chi connectivity index (χ0n) is 7.45. The summed E-state index contributed by atoms with van der Waals surface area (Å²) in [6.07, 6.45) is 0.452. The molecule has 1 aromatic heterocycles. The van der Waals surface area contributed by atoms with E-state index in [-0.39, 0.29) is 5.91 Å². The van der Waals surface area contributed by atoms with Crippen LogP contribution in [0.3, 0.4) is 0 Å². The van der Waals surface area contributed by atoms with E-state index in [0.29, 0.717) is 12.2 Å². The van der Waals surface area contributed by atoms with E-state index in [2.05, 4.69) is 10.3 Å². The molecule has 14 heavy (non-hydrogen) atoms. The van der Waals surface area contributed by atoms with E-state index < -0.39 is 0 Å². The molecule has 0 radical (unpaired) electrons. The van der Waals surface area contributed by atoms with Crippen LogP contribution in [0.15, 0.2) is 30.3 Å². The zero-order chi connectivity index (χ0) is 9.54. The largest absolute Gasteiger partial charge is 0.310 e. The van der Waals surface area contributed by atoms with Crippen molar-refractivity contribution in [2.24, 2.45) is 0 Å². The molecule has 1 aliphatic heterocycles. The lowest BCUT2D eigenvalue weighted by Gasteiger charge is -2.00. The predicted molar refractivity (Wildman–Crippen MR) is 54.1 cm³/mol. The van der Waals surface area contributed by atoms with Crippen molar-refractivity contribution in [2.45, 2.75) is 6.42 Å². The molecular weight excluding hydrogens is 176 g/mol. The third-order valence-electron chi connectivity index (χ3n) is 2.41. The molecule has 0 bridgehead atoms. The van der Waals surface area contributed by atoms with E-state index in [1.807, 2.05) is 30.3 Å². The van der Waals surface area contributed by atoms with E-state index in [1.165, 1.54) is 0 Å². The Morgan fingerprint density at radius 3 is 3.07 bits per heavy atom. The molecule has 0 saturated heterocycles. The van der Waals surface area contributed by atoms with Gasteiger partial charge in [0.2, 0.25) is 5.91 Å². The molecule has 0 atom stereocenters. The van der Waals surface area contributed by atoms with Gasteiger partial charge in [-0.05, 0) is 12.1 Å². The SMILES string of the molecule is O=C1Cc2cc3ccccc3nc2N1. The molecule has 68 valence electrons. The number of para-hydroxylation sites is 1. The number of pyridine rings is 1. The predicted octanol–water partition coefficient (Wildman–Crippen LogP) is 1.73. The lowest BCUT2D eigenvalue weighted by Crippen LogP contribution is -2.04. The lowest BCUT2D eigenvalue weighted by molar-refractivity contribution is -0.115. The van der Waals surface area contributed by atoms with E-state index in [9.17, 15) is 4.79 Å². The number of hydrogen-bond acceptors (Lipinski definition) is 2. The van der Waals surface area contributed by atoms with Crippen molar-refractivity contribution in [3.63, 3.8) is 0 Å². The second-order valence-electron chi connectivity index (χ2n) is 3.41. The fraction of sp³-hybridized carbons (Fsp3) is 0.0909. The van der Waals surface area contributed by atoms with Crippen LogP contribution >= 0.6 is 0 Å². The van der Waals surface area contributed by atoms with Crippen molar-refractivity contribution in [2.75, 3.05) is 5.32 Å². The average Bonchev–Trinajstić information content (AvgIpc) is 2.53. The van der Waals surface area contributed by atoms with Crippen LogP contribution in [0.4, 0.5) is 5.82 Å². The van der Waals surface area contributed by atoms with Crippen LogP contribution in [0.1, 0.15) is 5.56 Å². The highest BCUT2D eigenvalue weighted by molar-refractivity contribution is 6.00.